The molecule has 0 saturated heterocycles. The van der Waals surface area contributed by atoms with Gasteiger partial charge in [-0.25, -0.2) is 4.98 Å². The Morgan fingerprint density at radius 2 is 2.08 bits per heavy atom. The average Bonchev–Trinajstić information content (AvgIpc) is 2.86. The van der Waals surface area contributed by atoms with Crippen LogP contribution in [0.25, 0.3) is 10.2 Å². The standard InChI is InChI=1S/C18H18BrN3O2S2/c1-9-5-6-13(12(19)7-9)20-14(23)8-25-18-21-16-15(17(24)22(18)4)10(2)11(3)26-16/h5-7H,8H2,1-4H3,(H,20,23). The van der Waals surface area contributed by atoms with Crippen molar-refractivity contribution in [3.05, 3.63) is 49.0 Å². The van der Waals surface area contributed by atoms with Crippen LogP contribution in [0.4, 0.5) is 5.69 Å². The smallest absolute Gasteiger partial charge is 0.262 e. The monoisotopic (exact) mass is 451 g/mol. The van der Waals surface area contributed by atoms with Crippen LogP contribution >= 0.6 is 39.0 Å². The molecule has 1 amide bonds. The number of fused-ring (bicyclic) bond motifs is 1. The largest absolute Gasteiger partial charge is 0.324 e. The van der Waals surface area contributed by atoms with Crippen LogP contribution < -0.4 is 10.9 Å². The fourth-order valence-corrected chi connectivity index (χ4v) is 4.96. The molecule has 0 bridgehead atoms. The highest BCUT2D eigenvalue weighted by atomic mass is 79.9. The maximum Gasteiger partial charge on any atom is 0.262 e. The van der Waals surface area contributed by atoms with Gasteiger partial charge in [0, 0.05) is 16.4 Å². The number of carbonyl (C=O) groups is 1. The molecule has 5 nitrogen and oxygen atoms in total. The maximum absolute atomic E-state index is 12.6. The third-order valence-electron chi connectivity index (χ3n) is 4.10. The summed E-state index contributed by atoms with van der Waals surface area (Å²) in [5.74, 6) is 0.0301. The van der Waals surface area contributed by atoms with E-state index in [1.165, 1.54) is 27.7 Å². The third-order valence-corrected chi connectivity index (χ3v) is 6.89. The molecule has 3 aromatic rings. The zero-order chi connectivity index (χ0) is 19.0. The second-order valence-electron chi connectivity index (χ2n) is 6.04. The molecule has 0 saturated carbocycles. The van der Waals surface area contributed by atoms with Crippen molar-refractivity contribution in [3.8, 4) is 0 Å². The molecule has 3 rings (SSSR count). The summed E-state index contributed by atoms with van der Waals surface area (Å²) in [6.07, 6.45) is 0. The predicted molar refractivity (Wildman–Crippen MR) is 113 cm³/mol. The van der Waals surface area contributed by atoms with Crippen molar-refractivity contribution in [2.45, 2.75) is 25.9 Å². The number of anilines is 1. The Bertz CT molecular complexity index is 1070. The second-order valence-corrected chi connectivity index (χ2v) is 9.04. The highest BCUT2D eigenvalue weighted by Gasteiger charge is 2.16. The first-order valence-corrected chi connectivity index (χ1v) is 10.5. The summed E-state index contributed by atoms with van der Waals surface area (Å²) in [5.41, 5.74) is 2.75. The van der Waals surface area contributed by atoms with Gasteiger partial charge in [-0.1, -0.05) is 17.8 Å². The molecule has 1 aromatic carbocycles. The minimum Gasteiger partial charge on any atom is -0.324 e. The van der Waals surface area contributed by atoms with E-state index in [0.717, 1.165) is 31.0 Å². The van der Waals surface area contributed by atoms with Crippen molar-refractivity contribution in [2.75, 3.05) is 11.1 Å². The predicted octanol–water partition coefficient (Wildman–Crippen LogP) is 4.41. The molecular weight excluding hydrogens is 434 g/mol. The van der Waals surface area contributed by atoms with Crippen LogP contribution in [0, 0.1) is 20.8 Å². The summed E-state index contributed by atoms with van der Waals surface area (Å²) in [6.45, 7) is 5.92. The Balaban J connectivity index is 1.78. The van der Waals surface area contributed by atoms with Gasteiger partial charge in [-0.2, -0.15) is 0 Å². The molecule has 0 unspecified atom stereocenters. The van der Waals surface area contributed by atoms with Crippen LogP contribution in [-0.4, -0.2) is 21.2 Å². The van der Waals surface area contributed by atoms with Gasteiger partial charge in [0.25, 0.3) is 5.56 Å². The number of hydrogen-bond acceptors (Lipinski definition) is 5. The lowest BCUT2D eigenvalue weighted by Gasteiger charge is -2.09. The Labute approximate surface area is 168 Å². The van der Waals surface area contributed by atoms with Crippen molar-refractivity contribution in [1.29, 1.82) is 0 Å². The first kappa shape index (κ1) is 19.1. The molecule has 0 atom stereocenters. The van der Waals surface area contributed by atoms with E-state index in [2.05, 4.69) is 26.2 Å². The number of nitrogens with zero attached hydrogens (tertiary/aromatic N) is 2. The highest BCUT2D eigenvalue weighted by Crippen LogP contribution is 2.28. The molecule has 2 heterocycles. The summed E-state index contributed by atoms with van der Waals surface area (Å²) in [7, 11) is 1.69. The van der Waals surface area contributed by atoms with Crippen molar-refractivity contribution >= 4 is 60.8 Å². The molecular formula is C18H18BrN3O2S2. The number of aryl methyl sites for hydroxylation is 3. The van der Waals surface area contributed by atoms with Gasteiger partial charge in [-0.3, -0.25) is 14.2 Å². The highest BCUT2D eigenvalue weighted by molar-refractivity contribution is 9.10. The summed E-state index contributed by atoms with van der Waals surface area (Å²) >= 11 is 6.22. The fourth-order valence-electron chi connectivity index (χ4n) is 2.52. The van der Waals surface area contributed by atoms with Gasteiger partial charge < -0.3 is 5.32 Å². The Kier molecular flexibility index (Phi) is 5.55. The van der Waals surface area contributed by atoms with E-state index in [1.54, 1.807) is 7.05 Å². The lowest BCUT2D eigenvalue weighted by molar-refractivity contribution is -0.113. The molecule has 2 aromatic heterocycles. The summed E-state index contributed by atoms with van der Waals surface area (Å²) in [5, 5.41) is 4.09. The van der Waals surface area contributed by atoms with Crippen LogP contribution in [0.1, 0.15) is 16.0 Å². The fraction of sp³-hybridized carbons (Fsp3) is 0.278. The lowest BCUT2D eigenvalue weighted by atomic mass is 10.2. The van der Waals surface area contributed by atoms with Gasteiger partial charge in [0.15, 0.2) is 5.16 Å². The zero-order valence-electron chi connectivity index (χ0n) is 14.8. The van der Waals surface area contributed by atoms with Crippen LogP contribution in [0.3, 0.4) is 0 Å². The van der Waals surface area contributed by atoms with E-state index < -0.39 is 0 Å². The number of halogens is 1. The molecule has 0 aliphatic rings. The van der Waals surface area contributed by atoms with Crippen LogP contribution in [0.2, 0.25) is 0 Å². The minimum atomic E-state index is -0.146. The number of nitrogens with one attached hydrogen (secondary N) is 1. The maximum atomic E-state index is 12.6. The Morgan fingerprint density at radius 3 is 2.77 bits per heavy atom. The summed E-state index contributed by atoms with van der Waals surface area (Å²) in [6, 6.07) is 5.75. The SMILES string of the molecule is Cc1ccc(NC(=O)CSc2nc3sc(C)c(C)c3c(=O)n2C)c(Br)c1. The molecule has 0 radical (unpaired) electrons. The topological polar surface area (TPSA) is 64.0 Å². The molecule has 0 spiro atoms. The Hall–Kier alpha value is -1.64. The van der Waals surface area contributed by atoms with Gasteiger partial charge in [0.2, 0.25) is 5.91 Å². The van der Waals surface area contributed by atoms with E-state index in [9.17, 15) is 9.59 Å². The summed E-state index contributed by atoms with van der Waals surface area (Å²) < 4.78 is 2.36. The third kappa shape index (κ3) is 3.72. The summed E-state index contributed by atoms with van der Waals surface area (Å²) in [4.78, 5) is 31.3. The number of carbonyl (C=O) groups excluding carboxylic acids is 1. The Morgan fingerprint density at radius 1 is 1.35 bits per heavy atom. The van der Waals surface area contributed by atoms with Crippen molar-refractivity contribution in [3.63, 3.8) is 0 Å². The molecule has 8 heteroatoms. The number of aromatic nitrogens is 2. The van der Waals surface area contributed by atoms with Crippen LogP contribution in [0.15, 0.2) is 32.6 Å². The van der Waals surface area contributed by atoms with E-state index in [4.69, 9.17) is 0 Å². The van der Waals surface area contributed by atoms with Crippen molar-refractivity contribution in [1.82, 2.24) is 9.55 Å². The number of thioether (sulfide) groups is 1. The number of benzene rings is 1. The van der Waals surface area contributed by atoms with E-state index in [-0.39, 0.29) is 17.2 Å². The van der Waals surface area contributed by atoms with Gasteiger partial charge in [0.05, 0.1) is 16.8 Å². The molecule has 0 fully saturated rings. The number of amides is 1. The molecule has 1 N–H and O–H groups in total. The number of hydrogen-bond donors (Lipinski definition) is 1. The van der Waals surface area contributed by atoms with E-state index in [0.29, 0.717) is 10.5 Å². The number of rotatable bonds is 4. The van der Waals surface area contributed by atoms with Crippen molar-refractivity contribution in [2.24, 2.45) is 7.05 Å². The molecule has 0 aliphatic carbocycles. The average molecular weight is 452 g/mol. The van der Waals surface area contributed by atoms with Crippen LogP contribution in [-0.2, 0) is 11.8 Å². The van der Waals surface area contributed by atoms with Crippen LogP contribution in [0.5, 0.6) is 0 Å². The lowest BCUT2D eigenvalue weighted by Crippen LogP contribution is -2.21. The van der Waals surface area contributed by atoms with Gasteiger partial charge >= 0.3 is 0 Å². The van der Waals surface area contributed by atoms with Crippen molar-refractivity contribution < 1.29 is 4.79 Å². The second kappa shape index (κ2) is 7.54. The van der Waals surface area contributed by atoms with Gasteiger partial charge in [-0.15, -0.1) is 11.3 Å². The van der Waals surface area contributed by atoms with Gasteiger partial charge in [0.1, 0.15) is 4.83 Å². The molecule has 26 heavy (non-hydrogen) atoms. The normalized spacial score (nSPS) is 11.1. The molecule has 136 valence electrons. The quantitative estimate of drug-likeness (QED) is 0.471. The van der Waals surface area contributed by atoms with E-state index >= 15 is 0 Å². The zero-order valence-corrected chi connectivity index (χ0v) is 18.1. The van der Waals surface area contributed by atoms with E-state index in [1.807, 2.05) is 39.0 Å². The minimum absolute atomic E-state index is 0.0685. The first-order valence-electron chi connectivity index (χ1n) is 7.93. The first-order chi connectivity index (χ1) is 12.3. The number of thiophene rings is 1. The van der Waals surface area contributed by atoms with Gasteiger partial charge in [-0.05, 0) is 60.0 Å². The molecule has 0 aliphatic heterocycles.